The zero-order chi connectivity index (χ0) is 9.36. The lowest BCUT2D eigenvalue weighted by molar-refractivity contribution is 0.515. The quantitative estimate of drug-likeness (QED) is 0.545. The van der Waals surface area contributed by atoms with Crippen LogP contribution in [0.2, 0.25) is 8.60 Å². The molecule has 0 radical (unpaired) electrons. The molecule has 0 aromatic heterocycles. The lowest BCUT2D eigenvalue weighted by Gasteiger charge is -2.22. The van der Waals surface area contributed by atoms with E-state index in [1.165, 1.54) is 55.7 Å². The van der Waals surface area contributed by atoms with E-state index in [1.807, 2.05) is 0 Å². The Morgan fingerprint density at radius 2 is 1.86 bits per heavy atom. The molecule has 0 unspecified atom stereocenters. The minimum Gasteiger partial charge on any atom is -0.317 e. The Morgan fingerprint density at radius 3 is 2.50 bits per heavy atom. The van der Waals surface area contributed by atoms with Crippen molar-refractivity contribution in [3.8, 4) is 0 Å². The maximum atomic E-state index is 3.45. The second kappa shape index (κ2) is 10.5. The topological polar surface area (TPSA) is 12.0 Å². The normalized spacial score (nSPS) is 17.2. The Bertz CT molecular complexity index is 116. The highest BCUT2D eigenvalue weighted by Crippen LogP contribution is 2.19. The van der Waals surface area contributed by atoms with Crippen LogP contribution in [0.1, 0.15) is 45.4 Å². The molecule has 0 aromatic rings. The highest BCUT2D eigenvalue weighted by atomic mass is 35.5. The van der Waals surface area contributed by atoms with Crippen LogP contribution in [-0.4, -0.2) is 33.5 Å². The first-order valence-electron chi connectivity index (χ1n) is 6.14. The molecule has 3 heteroatoms. The van der Waals surface area contributed by atoms with E-state index < -0.39 is 0 Å². The predicted molar refractivity (Wildman–Crippen MR) is 67.8 cm³/mol. The van der Waals surface area contributed by atoms with Crippen LogP contribution in [0.25, 0.3) is 0 Å². The molecule has 1 fully saturated rings. The Hall–Kier alpha value is 1.02. The van der Waals surface area contributed by atoms with Gasteiger partial charge in [0.15, 0.2) is 0 Å². The van der Waals surface area contributed by atoms with Gasteiger partial charge in [0.05, 0.1) is 0 Å². The van der Waals surface area contributed by atoms with Gasteiger partial charge in [-0.15, -0.1) is 21.0 Å². The minimum absolute atomic E-state index is 0. The molecule has 0 amide bonds. The van der Waals surface area contributed by atoms with Crippen molar-refractivity contribution in [1.82, 2.24) is 5.32 Å². The van der Waals surface area contributed by atoms with Crippen LogP contribution < -0.4 is 5.32 Å². The fraction of sp³-hybridized carbons (Fsp3) is 1.00. The standard InChI is InChI=1S/C6H13.C5H10N.ClH.Mg/c1-3-5-6-4-2;1-2-4-6-5-3-1;;/h1,3-6H2,2H3;1,6H,2-5H2;1H;. The van der Waals surface area contributed by atoms with Crippen LogP contribution in [0.15, 0.2) is 0 Å². The zero-order valence-electron chi connectivity index (χ0n) is 9.56. The number of piperidine rings is 1. The molecule has 0 atom stereocenters. The molecule has 0 aromatic carbocycles. The van der Waals surface area contributed by atoms with Gasteiger partial charge >= 0.3 is 20.4 Å². The van der Waals surface area contributed by atoms with E-state index in [1.54, 1.807) is 4.55 Å². The van der Waals surface area contributed by atoms with Gasteiger partial charge in [0.2, 0.25) is 0 Å². The van der Waals surface area contributed by atoms with Crippen LogP contribution in [0, 0.1) is 0 Å². The van der Waals surface area contributed by atoms with Crippen molar-refractivity contribution in [3.05, 3.63) is 0 Å². The number of unbranched alkanes of at least 4 members (excludes halogenated alkanes) is 3. The summed E-state index contributed by atoms with van der Waals surface area (Å²) < 4.78 is 2.80. The van der Waals surface area contributed by atoms with Gasteiger partial charge in [-0.2, -0.15) is 0 Å². The van der Waals surface area contributed by atoms with Crippen LogP contribution in [0.5, 0.6) is 0 Å². The van der Waals surface area contributed by atoms with Gasteiger partial charge in [-0.3, -0.25) is 0 Å². The lowest BCUT2D eigenvalue weighted by Crippen LogP contribution is -2.27. The van der Waals surface area contributed by atoms with E-state index in [9.17, 15) is 0 Å². The molecule has 1 saturated heterocycles. The third kappa shape index (κ3) is 7.33. The van der Waals surface area contributed by atoms with Gasteiger partial charge in [0, 0.05) is 0 Å². The van der Waals surface area contributed by atoms with E-state index in [-0.39, 0.29) is 12.4 Å². The van der Waals surface area contributed by atoms with Crippen molar-refractivity contribution in [3.63, 3.8) is 0 Å². The van der Waals surface area contributed by atoms with E-state index in [2.05, 4.69) is 12.2 Å². The highest BCUT2D eigenvalue weighted by Gasteiger charge is 2.14. The van der Waals surface area contributed by atoms with E-state index >= 15 is 0 Å². The van der Waals surface area contributed by atoms with E-state index in [0.717, 1.165) is 0 Å². The summed E-state index contributed by atoms with van der Waals surface area (Å²) in [5, 5.41) is 3.45. The Morgan fingerprint density at radius 1 is 1.14 bits per heavy atom. The fourth-order valence-electron chi connectivity index (χ4n) is 2.21. The van der Waals surface area contributed by atoms with E-state index in [0.29, 0.717) is 20.4 Å². The summed E-state index contributed by atoms with van der Waals surface area (Å²) in [6, 6.07) is 0. The Labute approximate surface area is 105 Å². The summed E-state index contributed by atoms with van der Waals surface area (Å²) in [4.78, 5) is 0. The number of hydrogen-bond acceptors (Lipinski definition) is 1. The van der Waals surface area contributed by atoms with E-state index in [4.69, 9.17) is 0 Å². The second-order valence-electron chi connectivity index (χ2n) is 4.40. The fourth-order valence-corrected chi connectivity index (χ4v) is 4.41. The van der Waals surface area contributed by atoms with Gasteiger partial charge in [0.25, 0.3) is 0 Å². The Balaban J connectivity index is 0.00000169. The first-order chi connectivity index (χ1) is 6.43. The molecule has 14 heavy (non-hydrogen) atoms. The lowest BCUT2D eigenvalue weighted by atomic mass is 10.1. The number of halogens is 1. The molecule has 82 valence electrons. The number of hydrogen-bond donors (Lipinski definition) is 1. The molecule has 1 aliphatic heterocycles. The SMILES string of the molecule is CCCCC[CH2][Mg][CH]1CCNCC1.Cl. The van der Waals surface area contributed by atoms with Crippen LogP contribution in [0.3, 0.4) is 0 Å². The molecule has 1 nitrogen and oxygen atoms in total. The van der Waals surface area contributed by atoms with Gasteiger partial charge < -0.3 is 5.32 Å². The van der Waals surface area contributed by atoms with Gasteiger partial charge in [0.1, 0.15) is 0 Å². The van der Waals surface area contributed by atoms with Crippen molar-refractivity contribution in [1.29, 1.82) is 0 Å². The van der Waals surface area contributed by atoms with Crippen molar-refractivity contribution in [2.45, 2.75) is 54.0 Å². The third-order valence-electron chi connectivity index (χ3n) is 3.17. The van der Waals surface area contributed by atoms with Crippen LogP contribution >= 0.6 is 12.4 Å². The maximum absolute atomic E-state index is 3.45. The smallest absolute Gasteiger partial charge is 0.317 e. The average molecular weight is 230 g/mol. The molecule has 0 aliphatic carbocycles. The maximum Gasteiger partial charge on any atom is 0.368 e. The van der Waals surface area contributed by atoms with Gasteiger partial charge in [-0.25, -0.2) is 0 Å². The van der Waals surface area contributed by atoms with Gasteiger partial charge in [-0.05, 0) is 13.1 Å². The minimum atomic E-state index is 0. The predicted octanol–water partition coefficient (Wildman–Crippen LogP) is 3.28. The molecule has 1 N–H and O–H groups in total. The van der Waals surface area contributed by atoms with Gasteiger partial charge in [-0.1, -0.05) is 45.4 Å². The Kier molecular flexibility index (Phi) is 11.3. The molecule has 1 aliphatic rings. The first kappa shape index (κ1) is 15.0. The largest absolute Gasteiger partial charge is 0.368 e. The van der Waals surface area contributed by atoms with Crippen LogP contribution in [-0.2, 0) is 0 Å². The summed E-state index contributed by atoms with van der Waals surface area (Å²) in [6.07, 6.45) is 8.84. The highest BCUT2D eigenvalue weighted by molar-refractivity contribution is 6.37. The van der Waals surface area contributed by atoms with Crippen molar-refractivity contribution in [2.24, 2.45) is 0 Å². The third-order valence-corrected chi connectivity index (χ3v) is 5.72. The monoisotopic (exact) mass is 229 g/mol. The molecule has 0 saturated carbocycles. The number of rotatable bonds is 6. The van der Waals surface area contributed by atoms with Crippen molar-refractivity contribution >= 4 is 32.8 Å². The summed E-state index contributed by atoms with van der Waals surface area (Å²) in [5.41, 5.74) is 0. The molecular weight excluding hydrogens is 206 g/mol. The summed E-state index contributed by atoms with van der Waals surface area (Å²) in [6.45, 7) is 4.89. The molecule has 1 heterocycles. The summed E-state index contributed by atoms with van der Waals surface area (Å²) in [5.74, 6) is 0. The molecular formula is C11H24ClMgN. The summed E-state index contributed by atoms with van der Waals surface area (Å²) >= 11 is 0.298. The first-order valence-corrected chi connectivity index (χ1v) is 7.96. The zero-order valence-corrected chi connectivity index (χ0v) is 11.8. The van der Waals surface area contributed by atoms with Crippen molar-refractivity contribution < 1.29 is 0 Å². The average Bonchev–Trinajstić information content (AvgIpc) is 2.19. The molecule has 0 spiro atoms. The summed E-state index contributed by atoms with van der Waals surface area (Å²) in [7, 11) is 0. The van der Waals surface area contributed by atoms with Crippen LogP contribution in [0.4, 0.5) is 0 Å². The van der Waals surface area contributed by atoms with Crippen molar-refractivity contribution in [2.75, 3.05) is 13.1 Å². The number of nitrogens with one attached hydrogen (secondary N) is 1. The second-order valence-corrected chi connectivity index (χ2v) is 6.84. The molecule has 1 rings (SSSR count). The molecule has 0 bridgehead atoms.